The molecule has 0 radical (unpaired) electrons. The highest BCUT2D eigenvalue weighted by Gasteiger charge is 2.28. The van der Waals surface area contributed by atoms with Crippen LogP contribution in [0.15, 0.2) is 45.2 Å². The molecule has 1 aromatic carbocycles. The summed E-state index contributed by atoms with van der Waals surface area (Å²) in [5, 5.41) is 9.03. The molecule has 1 aliphatic heterocycles. The van der Waals surface area contributed by atoms with Crippen molar-refractivity contribution in [3.63, 3.8) is 0 Å². The molecule has 19 heavy (non-hydrogen) atoms. The second kappa shape index (κ2) is 4.38. The summed E-state index contributed by atoms with van der Waals surface area (Å²) in [5.74, 6) is -1.07. The zero-order chi connectivity index (χ0) is 13.6. The topological polar surface area (TPSA) is 54.4 Å². The van der Waals surface area contributed by atoms with Crippen LogP contribution in [0.2, 0.25) is 0 Å². The molecular weight excluding hydrogens is 260 g/mol. The maximum Gasteiger partial charge on any atom is 0.332 e. The first-order valence-electron chi connectivity index (χ1n) is 6.02. The van der Waals surface area contributed by atoms with Gasteiger partial charge in [0.1, 0.15) is 0 Å². The van der Waals surface area contributed by atoms with E-state index in [9.17, 15) is 9.59 Å². The Morgan fingerprint density at radius 1 is 1.32 bits per heavy atom. The number of ketones is 1. The Labute approximate surface area is 115 Å². The standard InChI is InChI=1S/C15H12O3S/c1-8-2-3-13-9(4-8)5-11-12(16)6-10(15(17)18)7-14(11)19-13/h2-4,7H,5-6H2,1H3,(H,17,18). The van der Waals surface area contributed by atoms with Crippen LogP contribution in [-0.4, -0.2) is 16.9 Å². The fourth-order valence-corrected chi connectivity index (χ4v) is 3.53. The van der Waals surface area contributed by atoms with Gasteiger partial charge in [-0.25, -0.2) is 4.79 Å². The van der Waals surface area contributed by atoms with Gasteiger partial charge in [0.15, 0.2) is 5.78 Å². The van der Waals surface area contributed by atoms with Gasteiger partial charge < -0.3 is 5.11 Å². The van der Waals surface area contributed by atoms with Crippen LogP contribution in [0.4, 0.5) is 0 Å². The van der Waals surface area contributed by atoms with E-state index in [1.807, 2.05) is 19.1 Å². The third-order valence-corrected chi connectivity index (χ3v) is 4.57. The maximum atomic E-state index is 12.1. The van der Waals surface area contributed by atoms with Gasteiger partial charge in [-0.3, -0.25) is 4.79 Å². The van der Waals surface area contributed by atoms with Crippen molar-refractivity contribution in [1.82, 2.24) is 0 Å². The predicted octanol–water partition coefficient (Wildman–Crippen LogP) is 2.88. The lowest BCUT2D eigenvalue weighted by atomic mass is 9.91. The summed E-state index contributed by atoms with van der Waals surface area (Å²) >= 11 is 1.49. The Bertz CT molecular complexity index is 668. The summed E-state index contributed by atoms with van der Waals surface area (Å²) in [6.07, 6.45) is 2.27. The molecule has 4 heteroatoms. The highest BCUT2D eigenvalue weighted by molar-refractivity contribution is 8.03. The van der Waals surface area contributed by atoms with E-state index in [2.05, 4.69) is 6.07 Å². The van der Waals surface area contributed by atoms with E-state index in [1.165, 1.54) is 17.3 Å². The second-order valence-corrected chi connectivity index (χ2v) is 5.89. The number of Topliss-reactive ketones (excluding diaryl/α,β-unsaturated/α-hetero) is 1. The number of fused-ring (bicyclic) bond motifs is 1. The minimum absolute atomic E-state index is 0.00980. The van der Waals surface area contributed by atoms with Crippen molar-refractivity contribution in [3.8, 4) is 0 Å². The molecule has 0 fully saturated rings. The minimum atomic E-state index is -1.00. The highest BCUT2D eigenvalue weighted by atomic mass is 32.2. The summed E-state index contributed by atoms with van der Waals surface area (Å²) in [5.41, 5.74) is 3.28. The van der Waals surface area contributed by atoms with Crippen LogP contribution in [0, 0.1) is 6.92 Å². The number of rotatable bonds is 1. The summed E-state index contributed by atoms with van der Waals surface area (Å²) in [6, 6.07) is 6.16. The summed E-state index contributed by atoms with van der Waals surface area (Å²) in [6.45, 7) is 2.03. The molecule has 2 aliphatic rings. The minimum Gasteiger partial charge on any atom is -0.478 e. The van der Waals surface area contributed by atoms with E-state index >= 15 is 0 Å². The molecule has 0 amide bonds. The SMILES string of the molecule is Cc1ccc2c(c1)CC1=C(C=C(C(=O)O)CC1=O)S2. The number of allylic oxidation sites excluding steroid dienone is 2. The van der Waals surface area contributed by atoms with Gasteiger partial charge >= 0.3 is 5.97 Å². The number of carboxylic acids is 1. The highest BCUT2D eigenvalue weighted by Crippen LogP contribution is 2.42. The maximum absolute atomic E-state index is 12.1. The Balaban J connectivity index is 2.05. The van der Waals surface area contributed by atoms with Crippen molar-refractivity contribution in [2.75, 3.05) is 0 Å². The third-order valence-electron chi connectivity index (χ3n) is 3.37. The number of carboxylic acid groups (broad SMARTS) is 1. The molecule has 0 unspecified atom stereocenters. The van der Waals surface area contributed by atoms with Crippen molar-refractivity contribution in [2.45, 2.75) is 24.7 Å². The monoisotopic (exact) mass is 272 g/mol. The molecule has 0 bridgehead atoms. The van der Waals surface area contributed by atoms with Crippen LogP contribution < -0.4 is 0 Å². The molecule has 0 saturated heterocycles. The Hall–Kier alpha value is -1.81. The zero-order valence-corrected chi connectivity index (χ0v) is 11.2. The van der Waals surface area contributed by atoms with Crippen molar-refractivity contribution in [2.24, 2.45) is 0 Å². The molecule has 3 nitrogen and oxygen atoms in total. The zero-order valence-electron chi connectivity index (χ0n) is 10.4. The first-order chi connectivity index (χ1) is 9.04. The van der Waals surface area contributed by atoms with E-state index < -0.39 is 5.97 Å². The number of carbonyl (C=O) groups is 2. The van der Waals surface area contributed by atoms with Crippen LogP contribution in [0.25, 0.3) is 0 Å². The molecule has 1 aromatic rings. The Morgan fingerprint density at radius 2 is 2.11 bits per heavy atom. The van der Waals surface area contributed by atoms with Crippen molar-refractivity contribution in [1.29, 1.82) is 0 Å². The van der Waals surface area contributed by atoms with Crippen LogP contribution >= 0.6 is 11.8 Å². The van der Waals surface area contributed by atoms with Crippen molar-refractivity contribution < 1.29 is 14.7 Å². The predicted molar refractivity (Wildman–Crippen MR) is 73.1 cm³/mol. The molecular formula is C15H12O3S. The lowest BCUT2D eigenvalue weighted by Gasteiger charge is -2.23. The molecule has 3 rings (SSSR count). The van der Waals surface area contributed by atoms with Gasteiger partial charge in [0.2, 0.25) is 0 Å². The van der Waals surface area contributed by atoms with E-state index in [0.717, 1.165) is 20.9 Å². The fourth-order valence-electron chi connectivity index (χ4n) is 2.38. The number of thioether (sulfide) groups is 1. The molecule has 0 atom stereocenters. The summed E-state index contributed by atoms with van der Waals surface area (Å²) in [4.78, 5) is 25.0. The fraction of sp³-hybridized carbons (Fsp3) is 0.200. The third kappa shape index (κ3) is 2.12. The number of hydrogen-bond acceptors (Lipinski definition) is 3. The molecule has 1 heterocycles. The first kappa shape index (κ1) is 12.2. The molecule has 96 valence electrons. The second-order valence-electron chi connectivity index (χ2n) is 4.81. The summed E-state index contributed by atoms with van der Waals surface area (Å²) < 4.78 is 0. The Kier molecular flexibility index (Phi) is 2.82. The lowest BCUT2D eigenvalue weighted by Crippen LogP contribution is -2.18. The molecule has 0 aromatic heterocycles. The average molecular weight is 272 g/mol. The number of benzene rings is 1. The molecule has 1 N–H and O–H groups in total. The first-order valence-corrected chi connectivity index (χ1v) is 6.84. The van der Waals surface area contributed by atoms with Gasteiger partial charge in [-0.15, -0.1) is 0 Å². The quantitative estimate of drug-likeness (QED) is 0.854. The van der Waals surface area contributed by atoms with E-state index in [1.54, 1.807) is 6.08 Å². The van der Waals surface area contributed by atoms with Gasteiger partial charge in [-0.1, -0.05) is 29.5 Å². The van der Waals surface area contributed by atoms with Gasteiger partial charge in [-0.05, 0) is 24.6 Å². The van der Waals surface area contributed by atoms with Crippen LogP contribution in [0.1, 0.15) is 17.5 Å². The van der Waals surface area contributed by atoms with Crippen LogP contribution in [-0.2, 0) is 16.0 Å². The number of carbonyl (C=O) groups excluding carboxylic acids is 1. The van der Waals surface area contributed by atoms with Gasteiger partial charge in [0.25, 0.3) is 0 Å². The lowest BCUT2D eigenvalue weighted by molar-refractivity contribution is -0.133. The van der Waals surface area contributed by atoms with Gasteiger partial charge in [-0.2, -0.15) is 0 Å². The average Bonchev–Trinajstić information content (AvgIpc) is 2.36. The summed E-state index contributed by atoms with van der Waals surface area (Å²) in [7, 11) is 0. The Morgan fingerprint density at radius 3 is 2.84 bits per heavy atom. The number of aliphatic carboxylic acids is 1. The van der Waals surface area contributed by atoms with E-state index in [-0.39, 0.29) is 17.8 Å². The number of aryl methyl sites for hydroxylation is 1. The molecule has 1 aliphatic carbocycles. The van der Waals surface area contributed by atoms with Crippen molar-refractivity contribution >= 4 is 23.5 Å². The van der Waals surface area contributed by atoms with E-state index in [4.69, 9.17) is 5.11 Å². The largest absolute Gasteiger partial charge is 0.478 e. The number of hydrogen-bond donors (Lipinski definition) is 1. The van der Waals surface area contributed by atoms with Gasteiger partial charge in [0.05, 0.1) is 0 Å². The van der Waals surface area contributed by atoms with E-state index in [0.29, 0.717) is 6.42 Å². The molecule has 0 spiro atoms. The van der Waals surface area contributed by atoms with Gasteiger partial charge in [0, 0.05) is 33.8 Å². The molecule has 0 saturated carbocycles. The van der Waals surface area contributed by atoms with Crippen LogP contribution in [0.3, 0.4) is 0 Å². The smallest absolute Gasteiger partial charge is 0.332 e. The van der Waals surface area contributed by atoms with Crippen molar-refractivity contribution in [3.05, 3.63) is 51.5 Å². The van der Waals surface area contributed by atoms with Crippen LogP contribution in [0.5, 0.6) is 0 Å². The normalized spacial score (nSPS) is 17.7.